The molecule has 0 saturated carbocycles. The Balaban J connectivity index is 2.50. The van der Waals surface area contributed by atoms with Crippen molar-refractivity contribution in [2.45, 2.75) is 12.8 Å². The monoisotopic (exact) mass is 204 g/mol. The number of rotatable bonds is 2. The van der Waals surface area contributed by atoms with E-state index in [9.17, 15) is 20.2 Å². The minimum absolute atomic E-state index is 0.105. The highest BCUT2D eigenvalue weighted by Gasteiger charge is 2.22. The van der Waals surface area contributed by atoms with Crippen LogP contribution in [0.2, 0.25) is 0 Å². The Kier molecular flexibility index (Phi) is 3.43. The molecular formula is C6H12N4O4. The number of hydrazine groups is 2. The topological polar surface area (TPSA) is 92.8 Å². The van der Waals surface area contributed by atoms with E-state index in [1.165, 1.54) is 0 Å². The molecule has 1 aliphatic heterocycles. The van der Waals surface area contributed by atoms with E-state index < -0.39 is 10.1 Å². The van der Waals surface area contributed by atoms with Crippen LogP contribution in [0.15, 0.2) is 0 Å². The molecule has 80 valence electrons. The Hall–Kier alpha value is -1.60. The molecule has 1 saturated heterocycles. The van der Waals surface area contributed by atoms with Gasteiger partial charge in [-0.05, 0) is 12.8 Å². The molecule has 0 amide bonds. The van der Waals surface area contributed by atoms with Gasteiger partial charge in [-0.1, -0.05) is 0 Å². The van der Waals surface area contributed by atoms with Crippen molar-refractivity contribution in [3.63, 3.8) is 0 Å². The van der Waals surface area contributed by atoms with Gasteiger partial charge in [-0.3, -0.25) is 0 Å². The normalized spacial score (nSPS) is 18.6. The summed E-state index contributed by atoms with van der Waals surface area (Å²) >= 11 is 0. The fourth-order valence-corrected chi connectivity index (χ4v) is 1.37. The average Bonchev–Trinajstić information content (AvgIpc) is 2.01. The molecule has 0 N–H and O–H groups in total. The van der Waals surface area contributed by atoms with E-state index >= 15 is 0 Å². The molecule has 0 aromatic rings. The molecule has 0 aromatic carbocycles. The number of hydrogen-bond donors (Lipinski definition) is 0. The zero-order valence-electron chi connectivity index (χ0n) is 7.66. The quantitative estimate of drug-likeness (QED) is 0.455. The van der Waals surface area contributed by atoms with Crippen molar-refractivity contribution >= 4 is 0 Å². The molecule has 0 aliphatic carbocycles. The first-order valence-corrected chi connectivity index (χ1v) is 4.40. The van der Waals surface area contributed by atoms with Gasteiger partial charge in [0.15, 0.2) is 10.1 Å². The standard InChI is InChI=1S/C6H12N4O4/c11-9(12)7-3-1-2-4-8(6-5-7)10(13)14/h1-6H2. The summed E-state index contributed by atoms with van der Waals surface area (Å²) in [6.07, 6.45) is 1.23. The van der Waals surface area contributed by atoms with Crippen LogP contribution in [0.4, 0.5) is 0 Å². The number of nitrogens with zero attached hydrogens (tertiary/aromatic N) is 4. The van der Waals surface area contributed by atoms with Crippen molar-refractivity contribution in [3.05, 3.63) is 20.2 Å². The predicted octanol–water partition coefficient (Wildman–Crippen LogP) is -0.232. The summed E-state index contributed by atoms with van der Waals surface area (Å²) < 4.78 is 0. The van der Waals surface area contributed by atoms with Gasteiger partial charge < -0.3 is 0 Å². The smallest absolute Gasteiger partial charge is 0.160 e. The predicted molar refractivity (Wildman–Crippen MR) is 46.4 cm³/mol. The average molecular weight is 204 g/mol. The largest absolute Gasteiger partial charge is 0.235 e. The maximum absolute atomic E-state index is 10.4. The molecule has 1 fully saturated rings. The molecule has 8 nitrogen and oxygen atoms in total. The molecule has 1 aliphatic rings. The minimum Gasteiger partial charge on any atom is -0.235 e. The van der Waals surface area contributed by atoms with Gasteiger partial charge in [0.25, 0.3) is 0 Å². The van der Waals surface area contributed by atoms with Crippen LogP contribution in [0.3, 0.4) is 0 Å². The first-order chi connectivity index (χ1) is 6.61. The van der Waals surface area contributed by atoms with Gasteiger partial charge in [0.1, 0.15) is 13.1 Å². The van der Waals surface area contributed by atoms with Crippen LogP contribution in [0.25, 0.3) is 0 Å². The van der Waals surface area contributed by atoms with Crippen molar-refractivity contribution < 1.29 is 10.1 Å². The Labute approximate surface area is 80.3 Å². The summed E-state index contributed by atoms with van der Waals surface area (Å²) in [7, 11) is 0. The summed E-state index contributed by atoms with van der Waals surface area (Å²) in [5.41, 5.74) is 0. The molecular weight excluding hydrogens is 192 g/mol. The van der Waals surface area contributed by atoms with Gasteiger partial charge >= 0.3 is 0 Å². The number of hydrogen-bond acceptors (Lipinski definition) is 4. The molecule has 0 radical (unpaired) electrons. The van der Waals surface area contributed by atoms with E-state index in [-0.39, 0.29) is 13.1 Å². The van der Waals surface area contributed by atoms with Crippen molar-refractivity contribution in [1.29, 1.82) is 0 Å². The summed E-state index contributed by atoms with van der Waals surface area (Å²) in [6, 6.07) is 0. The third-order valence-corrected chi connectivity index (χ3v) is 2.16. The van der Waals surface area contributed by atoms with Crippen LogP contribution >= 0.6 is 0 Å². The van der Waals surface area contributed by atoms with Gasteiger partial charge in [-0.25, -0.2) is 20.2 Å². The Morgan fingerprint density at radius 3 is 1.43 bits per heavy atom. The lowest BCUT2D eigenvalue weighted by Gasteiger charge is -2.21. The van der Waals surface area contributed by atoms with Crippen LogP contribution in [0, 0.1) is 20.2 Å². The molecule has 0 spiro atoms. The lowest BCUT2D eigenvalue weighted by Crippen LogP contribution is -2.43. The molecule has 14 heavy (non-hydrogen) atoms. The van der Waals surface area contributed by atoms with Crippen LogP contribution < -0.4 is 0 Å². The highest BCUT2D eigenvalue weighted by molar-refractivity contribution is 4.57. The second-order valence-corrected chi connectivity index (χ2v) is 3.09. The fraction of sp³-hybridized carbons (Fsp3) is 1.00. The van der Waals surface area contributed by atoms with Crippen molar-refractivity contribution in [2.24, 2.45) is 0 Å². The molecule has 0 aromatic heterocycles. The Morgan fingerprint density at radius 1 is 0.786 bits per heavy atom. The molecule has 0 bridgehead atoms. The molecule has 0 atom stereocenters. The van der Waals surface area contributed by atoms with E-state index in [4.69, 9.17) is 0 Å². The summed E-state index contributed by atoms with van der Waals surface area (Å²) in [6.45, 7) is 0.957. The second-order valence-electron chi connectivity index (χ2n) is 3.09. The van der Waals surface area contributed by atoms with E-state index in [1.54, 1.807) is 0 Å². The summed E-state index contributed by atoms with van der Waals surface area (Å²) in [4.78, 5) is 20.9. The zero-order chi connectivity index (χ0) is 10.6. The molecule has 0 unspecified atom stereocenters. The Morgan fingerprint density at radius 2 is 1.14 bits per heavy atom. The fourth-order valence-electron chi connectivity index (χ4n) is 1.37. The zero-order valence-corrected chi connectivity index (χ0v) is 7.66. The van der Waals surface area contributed by atoms with E-state index in [1.807, 2.05) is 0 Å². The number of nitro groups is 2. The second kappa shape index (κ2) is 4.58. The van der Waals surface area contributed by atoms with Gasteiger partial charge in [0.05, 0.1) is 13.1 Å². The van der Waals surface area contributed by atoms with E-state index in [2.05, 4.69) is 0 Å². The minimum atomic E-state index is -0.497. The maximum Gasteiger partial charge on any atom is 0.160 e. The van der Waals surface area contributed by atoms with Crippen LogP contribution in [-0.4, -0.2) is 46.3 Å². The van der Waals surface area contributed by atoms with Crippen LogP contribution in [0.1, 0.15) is 12.8 Å². The molecule has 8 heteroatoms. The Bertz CT molecular complexity index is 210. The van der Waals surface area contributed by atoms with Gasteiger partial charge in [-0.15, -0.1) is 10.0 Å². The van der Waals surface area contributed by atoms with E-state index in [0.29, 0.717) is 25.9 Å². The SMILES string of the molecule is O=[N+]([O-])N1CCCCN([N+](=O)[O-])CC1. The van der Waals surface area contributed by atoms with Crippen LogP contribution in [0.5, 0.6) is 0 Å². The lowest BCUT2D eigenvalue weighted by atomic mass is 10.2. The van der Waals surface area contributed by atoms with Gasteiger partial charge in [0.2, 0.25) is 0 Å². The lowest BCUT2D eigenvalue weighted by molar-refractivity contribution is -0.676. The third-order valence-electron chi connectivity index (χ3n) is 2.16. The van der Waals surface area contributed by atoms with Gasteiger partial charge in [-0.2, -0.15) is 0 Å². The highest BCUT2D eigenvalue weighted by Crippen LogP contribution is 2.03. The van der Waals surface area contributed by atoms with Gasteiger partial charge in [0, 0.05) is 0 Å². The van der Waals surface area contributed by atoms with Crippen molar-refractivity contribution in [1.82, 2.24) is 10.0 Å². The highest BCUT2D eigenvalue weighted by atomic mass is 16.7. The molecule has 1 heterocycles. The van der Waals surface area contributed by atoms with Crippen molar-refractivity contribution in [2.75, 3.05) is 26.2 Å². The van der Waals surface area contributed by atoms with Crippen LogP contribution in [-0.2, 0) is 0 Å². The summed E-state index contributed by atoms with van der Waals surface area (Å²) in [5, 5.41) is 21.9. The molecule has 1 rings (SSSR count). The third kappa shape index (κ3) is 2.71. The van der Waals surface area contributed by atoms with Crippen molar-refractivity contribution in [3.8, 4) is 0 Å². The first kappa shape index (κ1) is 10.5. The first-order valence-electron chi connectivity index (χ1n) is 4.40. The maximum atomic E-state index is 10.4. The summed E-state index contributed by atoms with van der Waals surface area (Å²) in [5.74, 6) is 0. The van der Waals surface area contributed by atoms with E-state index in [0.717, 1.165) is 10.0 Å².